The van der Waals surface area contributed by atoms with Crippen LogP contribution in [-0.4, -0.2) is 38.6 Å². The molecule has 0 saturated carbocycles. The number of carbonyl (C=O) groups is 1. The molecular weight excluding hydrogens is 608 g/mol. The molecule has 48 heavy (non-hydrogen) atoms. The van der Waals surface area contributed by atoms with Crippen molar-refractivity contribution in [2.75, 3.05) is 7.11 Å². The number of methoxy groups -OCH3 is 1. The molecule has 0 aliphatic rings. The zero-order valence-electron chi connectivity index (χ0n) is 26.4. The number of benzene rings is 4. The van der Waals surface area contributed by atoms with Crippen LogP contribution >= 0.6 is 0 Å². The molecule has 0 atom stereocenters. The van der Waals surface area contributed by atoms with Crippen LogP contribution < -0.4 is 15.0 Å². The van der Waals surface area contributed by atoms with E-state index in [1.807, 2.05) is 74.5 Å². The molecule has 3 aromatic heterocycles. The number of carboxylic acids is 1. The average molecular weight is 639 g/mol. The van der Waals surface area contributed by atoms with E-state index in [0.29, 0.717) is 40.4 Å². The Morgan fingerprint density at radius 1 is 0.938 bits per heavy atom. The topological polar surface area (TPSA) is 121 Å². The van der Waals surface area contributed by atoms with Gasteiger partial charge in [-0.25, -0.2) is 9.78 Å². The fourth-order valence-electron chi connectivity index (χ4n) is 5.75. The van der Waals surface area contributed by atoms with Gasteiger partial charge in [-0.1, -0.05) is 30.3 Å². The summed E-state index contributed by atoms with van der Waals surface area (Å²) in [7, 11) is 1.60. The van der Waals surface area contributed by atoms with Crippen LogP contribution in [0.25, 0.3) is 39.1 Å². The lowest BCUT2D eigenvalue weighted by Crippen LogP contribution is -2.20. The van der Waals surface area contributed by atoms with E-state index in [2.05, 4.69) is 9.67 Å². The van der Waals surface area contributed by atoms with Gasteiger partial charge in [0.2, 0.25) is 5.82 Å². The molecule has 0 saturated heterocycles. The second-order valence-corrected chi connectivity index (χ2v) is 11.2. The third-order valence-corrected chi connectivity index (χ3v) is 8.20. The van der Waals surface area contributed by atoms with Crippen molar-refractivity contribution in [2.24, 2.45) is 5.10 Å². The van der Waals surface area contributed by atoms with E-state index in [0.717, 1.165) is 33.6 Å². The number of ether oxygens (including phenoxy) is 2. The third-order valence-electron chi connectivity index (χ3n) is 8.20. The fraction of sp³-hybridized carbons (Fsp3) is 0.105. The number of fused-ring (bicyclic) bond motifs is 2. The summed E-state index contributed by atoms with van der Waals surface area (Å²) in [5.41, 5.74) is 5.61. The van der Waals surface area contributed by atoms with Crippen molar-refractivity contribution >= 4 is 34.1 Å². The van der Waals surface area contributed by atoms with Gasteiger partial charge in [-0.15, -0.1) is 0 Å². The van der Waals surface area contributed by atoms with Gasteiger partial charge in [-0.2, -0.15) is 9.78 Å². The van der Waals surface area contributed by atoms with Crippen LogP contribution in [0.3, 0.4) is 0 Å². The average Bonchev–Trinajstić information content (AvgIpc) is 3.67. The number of carboxylic acid groups (broad SMARTS) is 1. The van der Waals surface area contributed by atoms with Crippen molar-refractivity contribution in [1.29, 1.82) is 0 Å². The van der Waals surface area contributed by atoms with Crippen LogP contribution in [0.5, 0.6) is 11.5 Å². The van der Waals surface area contributed by atoms with E-state index < -0.39 is 5.97 Å². The molecule has 0 aliphatic heterocycles. The third kappa shape index (κ3) is 5.60. The van der Waals surface area contributed by atoms with Crippen molar-refractivity contribution in [1.82, 2.24) is 14.2 Å². The molecule has 10 heteroatoms. The Bertz CT molecular complexity index is 2400. The molecule has 0 aliphatic carbocycles. The number of nitrogens with zero attached hydrogens (tertiary/aromatic N) is 4. The predicted octanol–water partition coefficient (Wildman–Crippen LogP) is 7.39. The number of aryl methyl sites for hydroxylation is 1. The number of furan rings is 1. The molecular formula is C38H30N4O6. The molecule has 7 aromatic rings. The maximum absolute atomic E-state index is 13.8. The maximum Gasteiger partial charge on any atom is 0.335 e. The molecule has 0 unspecified atom stereocenters. The lowest BCUT2D eigenvalue weighted by molar-refractivity contribution is 0.0696. The van der Waals surface area contributed by atoms with Gasteiger partial charge >= 0.3 is 5.97 Å². The summed E-state index contributed by atoms with van der Waals surface area (Å²) >= 11 is 0. The molecule has 4 aromatic carbocycles. The summed E-state index contributed by atoms with van der Waals surface area (Å²) in [6.45, 7) is 4.31. The first-order valence-electron chi connectivity index (χ1n) is 15.2. The zero-order valence-corrected chi connectivity index (χ0v) is 26.4. The number of hydrogen-bond donors (Lipinski definition) is 1. The van der Waals surface area contributed by atoms with Crippen LogP contribution in [0, 0.1) is 13.8 Å². The van der Waals surface area contributed by atoms with Crippen LogP contribution in [0.1, 0.15) is 32.9 Å². The Balaban J connectivity index is 1.19. The Kier molecular flexibility index (Phi) is 7.82. The number of para-hydroxylation sites is 1. The molecule has 7 rings (SSSR count). The first-order chi connectivity index (χ1) is 23.3. The number of aromatic carboxylic acids is 1. The number of aromatic nitrogens is 3. The normalized spacial score (nSPS) is 11.5. The first kappa shape index (κ1) is 30.2. The summed E-state index contributed by atoms with van der Waals surface area (Å²) in [5, 5.41) is 15.0. The van der Waals surface area contributed by atoms with Crippen LogP contribution in [0.4, 0.5) is 0 Å². The molecule has 0 spiro atoms. The molecule has 0 radical (unpaired) electrons. The maximum atomic E-state index is 13.8. The van der Waals surface area contributed by atoms with Crippen LogP contribution in [0.2, 0.25) is 0 Å². The van der Waals surface area contributed by atoms with Crippen LogP contribution in [0.15, 0.2) is 117 Å². The lowest BCUT2D eigenvalue weighted by atomic mass is 10.1. The van der Waals surface area contributed by atoms with Crippen molar-refractivity contribution in [3.05, 3.63) is 142 Å². The van der Waals surface area contributed by atoms with Crippen molar-refractivity contribution < 1.29 is 23.8 Å². The highest BCUT2D eigenvalue weighted by Gasteiger charge is 2.18. The SMILES string of the molecule is COc1cccc2oc(-c3nc4ccccc4c(=O)n3N=Cc3cc(C)n(-c4ccc(OCc5ccc(C(=O)O)cc5)cc4)c3C)cc12. The van der Waals surface area contributed by atoms with E-state index in [4.69, 9.17) is 24.0 Å². The van der Waals surface area contributed by atoms with E-state index in [1.54, 1.807) is 55.8 Å². The van der Waals surface area contributed by atoms with E-state index in [1.165, 1.54) is 4.68 Å². The van der Waals surface area contributed by atoms with Crippen molar-refractivity contribution in [3.63, 3.8) is 0 Å². The quantitative estimate of drug-likeness (QED) is 0.164. The molecule has 3 heterocycles. The number of hydrogen-bond acceptors (Lipinski definition) is 7. The molecule has 10 nitrogen and oxygen atoms in total. The summed E-state index contributed by atoms with van der Waals surface area (Å²) in [6, 6.07) is 30.8. The van der Waals surface area contributed by atoms with Gasteiger partial charge in [0, 0.05) is 22.6 Å². The highest BCUT2D eigenvalue weighted by Crippen LogP contribution is 2.33. The Morgan fingerprint density at radius 3 is 2.46 bits per heavy atom. The van der Waals surface area contributed by atoms with Gasteiger partial charge in [0.05, 0.1) is 35.2 Å². The zero-order chi connectivity index (χ0) is 33.4. The van der Waals surface area contributed by atoms with Crippen molar-refractivity contribution in [2.45, 2.75) is 20.5 Å². The summed E-state index contributed by atoms with van der Waals surface area (Å²) in [6.07, 6.45) is 1.66. The Hall–Kier alpha value is -6.42. The van der Waals surface area contributed by atoms with E-state index in [-0.39, 0.29) is 16.9 Å². The van der Waals surface area contributed by atoms with Crippen molar-refractivity contribution in [3.8, 4) is 28.8 Å². The molecule has 0 bridgehead atoms. The van der Waals surface area contributed by atoms with Gasteiger partial charge in [0.25, 0.3) is 5.56 Å². The van der Waals surface area contributed by atoms with Gasteiger partial charge in [0.1, 0.15) is 23.7 Å². The molecule has 238 valence electrons. The highest BCUT2D eigenvalue weighted by molar-refractivity contribution is 5.89. The summed E-state index contributed by atoms with van der Waals surface area (Å²) < 4.78 is 21.0. The minimum Gasteiger partial charge on any atom is -0.496 e. The van der Waals surface area contributed by atoms with E-state index >= 15 is 0 Å². The lowest BCUT2D eigenvalue weighted by Gasteiger charge is -2.12. The second kappa shape index (κ2) is 12.4. The molecule has 0 fully saturated rings. The van der Waals surface area contributed by atoms with Gasteiger partial charge in [0.15, 0.2) is 5.76 Å². The minimum absolute atomic E-state index is 0.235. The standard InChI is InChI=1S/C38H30N4O6/c1-23-19-27(24(2)41(23)28-15-17-29(18-16-28)47-22-25-11-13-26(14-12-25)38(44)45)21-39-42-36(40-32-8-5-4-7-30(32)37(42)43)35-20-31-33(46-3)9-6-10-34(31)48-35/h4-21H,22H2,1-3H3,(H,44,45). The second-order valence-electron chi connectivity index (χ2n) is 11.2. The Morgan fingerprint density at radius 2 is 1.71 bits per heavy atom. The summed E-state index contributed by atoms with van der Waals surface area (Å²) in [4.78, 5) is 29.7. The van der Waals surface area contributed by atoms with E-state index in [9.17, 15) is 9.59 Å². The molecule has 1 N–H and O–H groups in total. The minimum atomic E-state index is -0.962. The fourth-order valence-corrected chi connectivity index (χ4v) is 5.75. The van der Waals surface area contributed by atoms with Gasteiger partial charge in [-0.05, 0) is 92.2 Å². The monoisotopic (exact) mass is 638 g/mol. The smallest absolute Gasteiger partial charge is 0.335 e. The number of rotatable bonds is 9. The predicted molar refractivity (Wildman–Crippen MR) is 184 cm³/mol. The van der Waals surface area contributed by atoms with Gasteiger partial charge in [-0.3, -0.25) is 4.79 Å². The van der Waals surface area contributed by atoms with Gasteiger partial charge < -0.3 is 23.6 Å². The highest BCUT2D eigenvalue weighted by atomic mass is 16.5. The molecule has 0 amide bonds. The largest absolute Gasteiger partial charge is 0.496 e. The Labute approximate surface area is 274 Å². The van der Waals surface area contributed by atoms with Crippen LogP contribution in [-0.2, 0) is 6.61 Å². The first-order valence-corrected chi connectivity index (χ1v) is 15.2. The summed E-state index contributed by atoms with van der Waals surface area (Å²) in [5.74, 6) is 1.04.